The maximum Gasteiger partial charge on any atom is 0.162 e. The predicted molar refractivity (Wildman–Crippen MR) is 150 cm³/mol. The molecule has 5 heteroatoms. The molecule has 4 rings (SSSR count). The van der Waals surface area contributed by atoms with Crippen molar-refractivity contribution in [3.8, 4) is 5.75 Å². The number of aryl methyl sites for hydroxylation is 2. The van der Waals surface area contributed by atoms with E-state index in [1.807, 2.05) is 0 Å². The summed E-state index contributed by atoms with van der Waals surface area (Å²) >= 11 is 0. The Morgan fingerprint density at radius 1 is 0.944 bits per heavy atom. The van der Waals surface area contributed by atoms with Gasteiger partial charge in [0.2, 0.25) is 0 Å². The number of fused-ring (bicyclic) bond motifs is 1. The van der Waals surface area contributed by atoms with Crippen molar-refractivity contribution in [3.05, 3.63) is 78.1 Å². The van der Waals surface area contributed by atoms with Crippen molar-refractivity contribution in [2.24, 2.45) is 5.73 Å². The van der Waals surface area contributed by atoms with Crippen molar-refractivity contribution in [1.29, 1.82) is 0 Å². The molecule has 0 unspecified atom stereocenters. The summed E-state index contributed by atoms with van der Waals surface area (Å²) in [6, 6.07) is 12.5. The minimum Gasteiger partial charge on any atom is -0.493 e. The third-order valence-electron chi connectivity index (χ3n) is 6.34. The number of Topliss-reactive ketones (excluding diaryl/α,β-unsaturated/α-hetero) is 1. The van der Waals surface area contributed by atoms with E-state index in [2.05, 4.69) is 49.0 Å². The Bertz CT molecular complexity index is 848. The molecule has 0 aromatic heterocycles. The largest absolute Gasteiger partial charge is 0.493 e. The third kappa shape index (κ3) is 12.5. The van der Waals surface area contributed by atoms with Gasteiger partial charge in [-0.2, -0.15) is 0 Å². The number of unbranched alkanes of at least 4 members (excludes halogenated alkanes) is 4. The van der Waals surface area contributed by atoms with E-state index in [0.29, 0.717) is 12.0 Å². The molecule has 36 heavy (non-hydrogen) atoms. The maximum atomic E-state index is 12.9. The zero-order valence-electron chi connectivity index (χ0n) is 22.6. The second-order valence-corrected chi connectivity index (χ2v) is 9.10. The summed E-state index contributed by atoms with van der Waals surface area (Å²) in [5.41, 5.74) is 7.81. The second-order valence-electron chi connectivity index (χ2n) is 9.10. The first-order chi connectivity index (χ1) is 17.6. The average Bonchev–Trinajstić information content (AvgIpc) is 3.42. The van der Waals surface area contributed by atoms with Crippen molar-refractivity contribution in [1.82, 2.24) is 4.90 Å². The number of nitrogens with zero attached hydrogens (tertiary/aromatic N) is 1. The molecule has 0 atom stereocenters. The van der Waals surface area contributed by atoms with Gasteiger partial charge in [0.05, 0.1) is 6.61 Å². The van der Waals surface area contributed by atoms with Crippen LogP contribution < -0.4 is 10.5 Å². The summed E-state index contributed by atoms with van der Waals surface area (Å²) in [4.78, 5) is 14.4. The Balaban J connectivity index is 0.000000551. The Morgan fingerprint density at radius 2 is 1.58 bits per heavy atom. The van der Waals surface area contributed by atoms with Gasteiger partial charge < -0.3 is 15.4 Å². The van der Waals surface area contributed by atoms with Crippen LogP contribution in [0.1, 0.15) is 79.3 Å². The van der Waals surface area contributed by atoms with Crippen molar-refractivity contribution in [3.63, 3.8) is 0 Å². The quantitative estimate of drug-likeness (QED) is 0.230. The van der Waals surface area contributed by atoms with Gasteiger partial charge in [-0.05, 0) is 114 Å². The molecule has 4 nitrogen and oxygen atoms in total. The molecule has 2 aromatic carbocycles. The second kappa shape index (κ2) is 19.7. The molecule has 2 aliphatic heterocycles. The molecule has 2 aromatic rings. The number of likely N-dealkylation sites (tertiary alicyclic amines) is 1. The topological polar surface area (TPSA) is 55.6 Å². The highest BCUT2D eigenvalue weighted by Gasteiger charge is 2.10. The van der Waals surface area contributed by atoms with E-state index in [4.69, 9.17) is 4.74 Å². The van der Waals surface area contributed by atoms with Gasteiger partial charge in [0.1, 0.15) is 11.6 Å². The van der Waals surface area contributed by atoms with Gasteiger partial charge in [-0.1, -0.05) is 31.4 Å². The normalized spacial score (nSPS) is 14.0. The molecule has 0 amide bonds. The summed E-state index contributed by atoms with van der Waals surface area (Å²) in [5.74, 6) is 0.888. The zero-order valence-corrected chi connectivity index (χ0v) is 22.6. The first-order valence-corrected chi connectivity index (χ1v) is 13.4. The van der Waals surface area contributed by atoms with Crippen LogP contribution in [0.4, 0.5) is 4.39 Å². The fourth-order valence-corrected chi connectivity index (χ4v) is 4.34. The van der Waals surface area contributed by atoms with Gasteiger partial charge in [0, 0.05) is 12.0 Å². The summed E-state index contributed by atoms with van der Waals surface area (Å²) in [6.45, 7) is 9.48. The van der Waals surface area contributed by atoms with Crippen molar-refractivity contribution in [2.75, 3.05) is 33.8 Å². The molecular formula is C31H47FN2O2. The Hall–Kier alpha value is -2.50. The van der Waals surface area contributed by atoms with Crippen LogP contribution in [0.3, 0.4) is 0 Å². The molecule has 2 N–H and O–H groups in total. The predicted octanol–water partition coefficient (Wildman–Crippen LogP) is 7.01. The lowest BCUT2D eigenvalue weighted by Gasteiger charge is -2.17. The van der Waals surface area contributed by atoms with Crippen LogP contribution in [0.25, 0.3) is 0 Å². The number of nitrogens with two attached hydrogens (primary N) is 1. The number of halogens is 1. The van der Waals surface area contributed by atoms with Crippen molar-refractivity contribution < 1.29 is 13.9 Å². The molecule has 1 saturated heterocycles. The molecule has 200 valence electrons. The molecule has 0 aliphatic carbocycles. The first kappa shape index (κ1) is 31.5. The number of hydrogen-bond donors (Lipinski definition) is 1. The van der Waals surface area contributed by atoms with Gasteiger partial charge >= 0.3 is 0 Å². The number of rotatable bonds is 9. The van der Waals surface area contributed by atoms with Crippen LogP contribution in [-0.2, 0) is 12.8 Å². The summed E-state index contributed by atoms with van der Waals surface area (Å²) in [5, 5.41) is 0. The van der Waals surface area contributed by atoms with Gasteiger partial charge in [-0.3, -0.25) is 4.79 Å². The SMILES string of the molecule is C=C.CN.CN1CCCC1.O=C(CCCCCCCc1ccc2c(c1)OCCC2)c1ccc(F)cc1. The highest BCUT2D eigenvalue weighted by molar-refractivity contribution is 5.95. The van der Waals surface area contributed by atoms with E-state index < -0.39 is 0 Å². The highest BCUT2D eigenvalue weighted by Crippen LogP contribution is 2.26. The number of carbonyl (C=O) groups excluding carboxylic acids is 1. The minimum absolute atomic E-state index is 0.110. The van der Waals surface area contributed by atoms with Crippen LogP contribution in [-0.4, -0.2) is 44.5 Å². The Labute approximate surface area is 218 Å². The lowest BCUT2D eigenvalue weighted by molar-refractivity contribution is 0.0979. The minimum atomic E-state index is -0.299. The summed E-state index contributed by atoms with van der Waals surface area (Å²) in [6.07, 6.45) is 12.2. The number of ether oxygens (including phenoxy) is 1. The molecule has 0 saturated carbocycles. The number of carbonyl (C=O) groups is 1. The third-order valence-corrected chi connectivity index (χ3v) is 6.34. The van der Waals surface area contributed by atoms with Crippen LogP contribution >= 0.6 is 0 Å². The summed E-state index contributed by atoms with van der Waals surface area (Å²) in [7, 11) is 3.67. The molecule has 1 fully saturated rings. The summed E-state index contributed by atoms with van der Waals surface area (Å²) < 4.78 is 18.6. The van der Waals surface area contributed by atoms with E-state index in [-0.39, 0.29) is 11.6 Å². The molecule has 2 heterocycles. The van der Waals surface area contributed by atoms with Gasteiger partial charge in [0.15, 0.2) is 5.78 Å². The Kier molecular flexibility index (Phi) is 17.2. The first-order valence-electron chi connectivity index (χ1n) is 13.4. The van der Waals surface area contributed by atoms with Gasteiger partial charge in [-0.25, -0.2) is 4.39 Å². The van der Waals surface area contributed by atoms with Crippen LogP contribution in [0.2, 0.25) is 0 Å². The molecule has 0 spiro atoms. The van der Waals surface area contributed by atoms with Crippen molar-refractivity contribution >= 4 is 5.78 Å². The number of benzene rings is 2. The van der Waals surface area contributed by atoms with Crippen LogP contribution in [0.5, 0.6) is 5.75 Å². The Morgan fingerprint density at radius 3 is 2.22 bits per heavy atom. The fraction of sp³-hybridized carbons (Fsp3) is 0.516. The molecule has 2 aliphatic rings. The van der Waals surface area contributed by atoms with E-state index in [1.165, 1.54) is 69.1 Å². The molecular weight excluding hydrogens is 451 g/mol. The van der Waals surface area contributed by atoms with Gasteiger partial charge in [0.25, 0.3) is 0 Å². The van der Waals surface area contributed by atoms with Crippen molar-refractivity contribution in [2.45, 2.75) is 70.6 Å². The average molecular weight is 499 g/mol. The van der Waals surface area contributed by atoms with Crippen LogP contribution in [0, 0.1) is 5.82 Å². The van der Waals surface area contributed by atoms with E-state index in [1.54, 1.807) is 12.1 Å². The van der Waals surface area contributed by atoms with E-state index in [0.717, 1.165) is 50.9 Å². The van der Waals surface area contributed by atoms with Gasteiger partial charge in [-0.15, -0.1) is 13.2 Å². The maximum absolute atomic E-state index is 12.9. The van der Waals surface area contributed by atoms with Crippen LogP contribution in [0.15, 0.2) is 55.6 Å². The molecule has 0 bridgehead atoms. The highest BCUT2D eigenvalue weighted by atomic mass is 19.1. The standard InChI is InChI=1S/C23H27FO2.C5H11N.C2H4.CH5N/c24-21-14-12-19(13-15-21)22(25)9-5-3-1-2-4-7-18-10-11-20-8-6-16-26-23(20)17-18;1-6-4-2-3-5-6;2*1-2/h10-15,17H,1-9,16H2;2-5H2,1H3;1-2H2;2H2,1H3. The zero-order chi connectivity index (χ0) is 26.6. The smallest absolute Gasteiger partial charge is 0.162 e. The lowest BCUT2D eigenvalue weighted by Crippen LogP contribution is -2.10. The number of ketones is 1. The monoisotopic (exact) mass is 498 g/mol. The lowest BCUT2D eigenvalue weighted by atomic mass is 10.00. The van der Waals surface area contributed by atoms with E-state index >= 15 is 0 Å². The number of hydrogen-bond acceptors (Lipinski definition) is 4. The molecule has 0 radical (unpaired) electrons. The van der Waals surface area contributed by atoms with E-state index in [9.17, 15) is 9.18 Å². The fourth-order valence-electron chi connectivity index (χ4n) is 4.34.